The molecule has 0 aliphatic carbocycles. The summed E-state index contributed by atoms with van der Waals surface area (Å²) in [7, 11) is 1.71. The molecule has 0 saturated heterocycles. The molecule has 0 atom stereocenters. The van der Waals surface area contributed by atoms with Gasteiger partial charge in [-0.25, -0.2) is 4.98 Å². The number of nitrogens with zero attached hydrogens (tertiary/aromatic N) is 4. The van der Waals surface area contributed by atoms with E-state index in [0.29, 0.717) is 5.56 Å². The van der Waals surface area contributed by atoms with Gasteiger partial charge in [0, 0.05) is 35.9 Å². The number of Topliss-reactive ketones (excluding diaryl/α,β-unsaturated/α-hetero) is 1. The fraction of sp³-hybridized carbons (Fsp3) is 0.391. The molecular formula is C23H27F3N4O. The molecule has 0 aliphatic heterocycles. The second kappa shape index (κ2) is 9.51. The molecule has 0 saturated carbocycles. The Balaban J connectivity index is 1.63. The summed E-state index contributed by atoms with van der Waals surface area (Å²) in [4.78, 5) is 18.6. The van der Waals surface area contributed by atoms with Gasteiger partial charge in [-0.3, -0.25) is 9.69 Å². The van der Waals surface area contributed by atoms with E-state index in [1.807, 2.05) is 38.1 Å². The predicted molar refractivity (Wildman–Crippen MR) is 113 cm³/mol. The molecule has 0 radical (unpaired) electrons. The van der Waals surface area contributed by atoms with Gasteiger partial charge >= 0.3 is 6.18 Å². The zero-order chi connectivity index (χ0) is 22.6. The molecule has 3 aromatic rings. The SMILES string of the molecule is Cc1cc(C(=O)CN(C)Cc2nccn2CC(F)(F)F)c(C)n1CCc1ccccc1. The number of hydrogen-bond donors (Lipinski definition) is 0. The fourth-order valence-electron chi connectivity index (χ4n) is 3.77. The molecule has 2 heterocycles. The Labute approximate surface area is 180 Å². The number of benzene rings is 1. The summed E-state index contributed by atoms with van der Waals surface area (Å²) in [6.07, 6.45) is -0.802. The summed E-state index contributed by atoms with van der Waals surface area (Å²) in [6, 6.07) is 12.1. The van der Waals surface area contributed by atoms with E-state index in [-0.39, 0.29) is 24.7 Å². The number of aryl methyl sites for hydroxylation is 2. The summed E-state index contributed by atoms with van der Waals surface area (Å²) in [5, 5.41) is 0. The molecule has 0 fully saturated rings. The number of alkyl halides is 3. The maximum Gasteiger partial charge on any atom is 0.406 e. The molecule has 166 valence electrons. The summed E-state index contributed by atoms with van der Waals surface area (Å²) < 4.78 is 41.3. The number of likely N-dealkylation sites (N-methyl/N-ethyl adjacent to an activating group) is 1. The van der Waals surface area contributed by atoms with E-state index in [2.05, 4.69) is 21.7 Å². The van der Waals surface area contributed by atoms with E-state index in [1.165, 1.54) is 18.0 Å². The lowest BCUT2D eigenvalue weighted by molar-refractivity contribution is -0.141. The van der Waals surface area contributed by atoms with Crippen LogP contribution in [0.1, 0.15) is 33.1 Å². The van der Waals surface area contributed by atoms with Crippen molar-refractivity contribution in [2.45, 2.75) is 46.1 Å². The van der Waals surface area contributed by atoms with Crippen molar-refractivity contribution in [2.24, 2.45) is 0 Å². The number of carbonyl (C=O) groups is 1. The Morgan fingerprint density at radius 1 is 1.16 bits per heavy atom. The zero-order valence-electron chi connectivity index (χ0n) is 18.0. The highest BCUT2D eigenvalue weighted by Gasteiger charge is 2.29. The average Bonchev–Trinajstić information content (AvgIpc) is 3.23. The third-order valence-corrected chi connectivity index (χ3v) is 5.32. The first kappa shape index (κ1) is 22.8. The zero-order valence-corrected chi connectivity index (χ0v) is 18.0. The first-order valence-electron chi connectivity index (χ1n) is 10.1. The molecular weight excluding hydrogens is 405 g/mol. The van der Waals surface area contributed by atoms with Crippen LogP contribution in [0, 0.1) is 13.8 Å². The molecule has 0 amide bonds. The second-order valence-corrected chi connectivity index (χ2v) is 7.85. The maximum atomic E-state index is 12.9. The molecule has 31 heavy (non-hydrogen) atoms. The van der Waals surface area contributed by atoms with Crippen LogP contribution in [0.5, 0.6) is 0 Å². The van der Waals surface area contributed by atoms with Gasteiger partial charge in [-0.1, -0.05) is 30.3 Å². The highest BCUT2D eigenvalue weighted by molar-refractivity contribution is 5.99. The standard InChI is InChI=1S/C23H27F3N4O/c1-17-13-20(18(2)30(17)11-9-19-7-5-4-6-8-19)21(31)14-28(3)15-22-27-10-12-29(22)16-23(24,25)26/h4-8,10,12-13H,9,11,14-16H2,1-3H3. The largest absolute Gasteiger partial charge is 0.406 e. The topological polar surface area (TPSA) is 43.1 Å². The molecule has 5 nitrogen and oxygen atoms in total. The van der Waals surface area contributed by atoms with Crippen LogP contribution < -0.4 is 0 Å². The molecule has 0 unspecified atom stereocenters. The molecule has 2 aromatic heterocycles. The molecule has 0 N–H and O–H groups in total. The van der Waals surface area contributed by atoms with E-state index in [1.54, 1.807) is 11.9 Å². The van der Waals surface area contributed by atoms with Crippen LogP contribution in [0.25, 0.3) is 0 Å². The van der Waals surface area contributed by atoms with Crippen LogP contribution in [0.3, 0.4) is 0 Å². The summed E-state index contributed by atoms with van der Waals surface area (Å²) >= 11 is 0. The minimum Gasteiger partial charge on any atom is -0.348 e. The van der Waals surface area contributed by atoms with Crippen LogP contribution in [-0.4, -0.2) is 44.6 Å². The van der Waals surface area contributed by atoms with Gasteiger partial charge in [-0.15, -0.1) is 0 Å². The lowest BCUT2D eigenvalue weighted by Crippen LogP contribution is -2.28. The van der Waals surface area contributed by atoms with E-state index in [9.17, 15) is 18.0 Å². The summed E-state index contributed by atoms with van der Waals surface area (Å²) in [5.74, 6) is 0.219. The minimum absolute atomic E-state index is 0.0597. The van der Waals surface area contributed by atoms with Crippen molar-refractivity contribution in [1.82, 2.24) is 19.0 Å². The number of rotatable bonds is 9. The average molecular weight is 432 g/mol. The van der Waals surface area contributed by atoms with Gasteiger partial charge in [0.05, 0.1) is 13.1 Å². The van der Waals surface area contributed by atoms with E-state index in [4.69, 9.17) is 0 Å². The highest BCUT2D eigenvalue weighted by Crippen LogP contribution is 2.20. The molecule has 3 rings (SSSR count). The molecule has 1 aromatic carbocycles. The smallest absolute Gasteiger partial charge is 0.348 e. The van der Waals surface area contributed by atoms with Gasteiger partial charge in [0.1, 0.15) is 12.4 Å². The van der Waals surface area contributed by atoms with Crippen LogP contribution in [0.4, 0.5) is 13.2 Å². The third kappa shape index (κ3) is 6.07. The first-order chi connectivity index (χ1) is 14.6. The van der Waals surface area contributed by atoms with Crippen LogP contribution in [-0.2, 0) is 26.1 Å². The lowest BCUT2D eigenvalue weighted by atomic mass is 10.1. The van der Waals surface area contributed by atoms with E-state index < -0.39 is 12.7 Å². The van der Waals surface area contributed by atoms with Gasteiger partial charge in [-0.2, -0.15) is 13.2 Å². The first-order valence-corrected chi connectivity index (χ1v) is 10.1. The maximum absolute atomic E-state index is 12.9. The number of imidazole rings is 1. The Morgan fingerprint density at radius 2 is 1.87 bits per heavy atom. The van der Waals surface area contributed by atoms with E-state index >= 15 is 0 Å². The van der Waals surface area contributed by atoms with Gasteiger partial charge in [0.15, 0.2) is 5.78 Å². The Bertz CT molecular complexity index is 1020. The number of aromatic nitrogens is 3. The van der Waals surface area contributed by atoms with Gasteiger partial charge in [0.25, 0.3) is 0 Å². The number of carbonyl (C=O) groups excluding carboxylic acids is 1. The molecule has 0 aliphatic rings. The Hall–Kier alpha value is -2.87. The van der Waals surface area contributed by atoms with Crippen molar-refractivity contribution >= 4 is 5.78 Å². The van der Waals surface area contributed by atoms with Crippen molar-refractivity contribution in [2.75, 3.05) is 13.6 Å². The quantitative estimate of drug-likeness (QED) is 0.470. The predicted octanol–water partition coefficient (Wildman–Crippen LogP) is 4.42. The van der Waals surface area contributed by atoms with Gasteiger partial charge in [-0.05, 0) is 38.9 Å². The number of hydrogen-bond acceptors (Lipinski definition) is 3. The molecule has 8 heteroatoms. The Morgan fingerprint density at radius 3 is 2.55 bits per heavy atom. The van der Waals surface area contributed by atoms with Gasteiger partial charge < -0.3 is 9.13 Å². The van der Waals surface area contributed by atoms with Crippen molar-refractivity contribution in [1.29, 1.82) is 0 Å². The van der Waals surface area contributed by atoms with Crippen molar-refractivity contribution < 1.29 is 18.0 Å². The molecule has 0 spiro atoms. The fourth-order valence-corrected chi connectivity index (χ4v) is 3.77. The highest BCUT2D eigenvalue weighted by atomic mass is 19.4. The van der Waals surface area contributed by atoms with Gasteiger partial charge in [0.2, 0.25) is 0 Å². The Kier molecular flexibility index (Phi) is 7.00. The lowest BCUT2D eigenvalue weighted by Gasteiger charge is -2.17. The normalized spacial score (nSPS) is 12.0. The molecule has 0 bridgehead atoms. The van der Waals surface area contributed by atoms with Crippen LogP contribution >= 0.6 is 0 Å². The minimum atomic E-state index is -4.32. The second-order valence-electron chi connectivity index (χ2n) is 7.85. The summed E-state index contributed by atoms with van der Waals surface area (Å²) in [6.45, 7) is 3.85. The van der Waals surface area contributed by atoms with Crippen LogP contribution in [0.2, 0.25) is 0 Å². The third-order valence-electron chi connectivity index (χ3n) is 5.32. The van der Waals surface area contributed by atoms with Crippen molar-refractivity contribution in [3.05, 3.63) is 77.1 Å². The van der Waals surface area contributed by atoms with E-state index in [0.717, 1.165) is 28.9 Å². The number of halogens is 3. The van der Waals surface area contributed by atoms with Crippen molar-refractivity contribution in [3.63, 3.8) is 0 Å². The van der Waals surface area contributed by atoms with Crippen LogP contribution in [0.15, 0.2) is 48.8 Å². The summed E-state index contributed by atoms with van der Waals surface area (Å²) in [5.41, 5.74) is 3.80. The number of ketones is 1. The van der Waals surface area contributed by atoms with Crippen molar-refractivity contribution in [3.8, 4) is 0 Å². The monoisotopic (exact) mass is 432 g/mol.